The molecule has 2 atom stereocenters. The van der Waals surface area contributed by atoms with Gasteiger partial charge in [0.2, 0.25) is 0 Å². The van der Waals surface area contributed by atoms with Gasteiger partial charge in [0.1, 0.15) is 12.2 Å². The van der Waals surface area contributed by atoms with Crippen LogP contribution in [0.15, 0.2) is 6.33 Å². The Bertz CT molecular complexity index is 413. The summed E-state index contributed by atoms with van der Waals surface area (Å²) in [6.45, 7) is 6.80. The van der Waals surface area contributed by atoms with Crippen molar-refractivity contribution in [1.29, 1.82) is 0 Å². The van der Waals surface area contributed by atoms with E-state index in [-0.39, 0.29) is 12.1 Å². The third-order valence-electron chi connectivity index (χ3n) is 4.38. The molecule has 5 nitrogen and oxygen atoms in total. The predicted octanol–water partition coefficient (Wildman–Crippen LogP) is 2.75. The van der Waals surface area contributed by atoms with Gasteiger partial charge in [-0.25, -0.2) is 9.67 Å². The van der Waals surface area contributed by atoms with E-state index in [1.807, 2.05) is 11.6 Å². The van der Waals surface area contributed by atoms with E-state index in [9.17, 15) is 5.11 Å². The molecule has 1 aromatic rings. The van der Waals surface area contributed by atoms with E-state index < -0.39 is 6.10 Å². The minimum Gasteiger partial charge on any atom is -0.390 e. The minimum absolute atomic E-state index is 0.0763. The fourth-order valence-electron chi connectivity index (χ4n) is 3.37. The predicted molar refractivity (Wildman–Crippen MR) is 82.1 cm³/mol. The fraction of sp³-hybridized carbons (Fsp3) is 0.875. The van der Waals surface area contributed by atoms with E-state index in [1.165, 1.54) is 32.1 Å². The van der Waals surface area contributed by atoms with Crippen molar-refractivity contribution in [1.82, 2.24) is 14.8 Å². The second kappa shape index (κ2) is 7.90. The molecule has 0 saturated heterocycles. The van der Waals surface area contributed by atoms with Crippen LogP contribution in [0, 0.1) is 5.92 Å². The number of ether oxygens (including phenoxy) is 1. The van der Waals surface area contributed by atoms with Crippen LogP contribution in [0.4, 0.5) is 0 Å². The van der Waals surface area contributed by atoms with Gasteiger partial charge in [0.15, 0.2) is 0 Å². The van der Waals surface area contributed by atoms with Gasteiger partial charge in [-0.05, 0) is 39.5 Å². The van der Waals surface area contributed by atoms with E-state index in [0.29, 0.717) is 18.9 Å². The first-order valence-electron chi connectivity index (χ1n) is 8.31. The Morgan fingerprint density at radius 2 is 2.05 bits per heavy atom. The molecule has 1 N–H and O–H groups in total. The average Bonchev–Trinajstić information content (AvgIpc) is 2.94. The molecule has 1 aliphatic carbocycles. The number of hydrogen-bond donors (Lipinski definition) is 1. The van der Waals surface area contributed by atoms with Crippen LogP contribution in [0.25, 0.3) is 0 Å². The lowest BCUT2D eigenvalue weighted by Crippen LogP contribution is -2.39. The summed E-state index contributed by atoms with van der Waals surface area (Å²) in [5, 5.41) is 14.9. The van der Waals surface area contributed by atoms with E-state index >= 15 is 0 Å². The van der Waals surface area contributed by atoms with Crippen molar-refractivity contribution in [2.75, 3.05) is 6.61 Å². The molecule has 5 heteroatoms. The van der Waals surface area contributed by atoms with Crippen LogP contribution >= 0.6 is 0 Å². The summed E-state index contributed by atoms with van der Waals surface area (Å²) in [6.07, 6.45) is 7.65. The van der Waals surface area contributed by atoms with Crippen molar-refractivity contribution < 1.29 is 9.84 Å². The number of rotatable bonds is 7. The lowest BCUT2D eigenvalue weighted by molar-refractivity contribution is -0.0724. The van der Waals surface area contributed by atoms with Gasteiger partial charge < -0.3 is 9.84 Å². The first kappa shape index (κ1) is 16.4. The zero-order valence-corrected chi connectivity index (χ0v) is 13.5. The summed E-state index contributed by atoms with van der Waals surface area (Å²) in [4.78, 5) is 4.30. The second-order valence-corrected chi connectivity index (χ2v) is 6.30. The molecule has 21 heavy (non-hydrogen) atoms. The van der Waals surface area contributed by atoms with Crippen LogP contribution < -0.4 is 0 Å². The van der Waals surface area contributed by atoms with Crippen molar-refractivity contribution in [3.8, 4) is 0 Å². The maximum absolute atomic E-state index is 10.7. The topological polar surface area (TPSA) is 60.2 Å². The normalized spacial score (nSPS) is 19.9. The molecule has 1 aromatic heterocycles. The zero-order chi connectivity index (χ0) is 15.2. The summed E-state index contributed by atoms with van der Waals surface area (Å²) in [5.74, 6) is 1.32. The van der Waals surface area contributed by atoms with Gasteiger partial charge in [0, 0.05) is 19.1 Å². The Kier molecular flexibility index (Phi) is 6.18. The van der Waals surface area contributed by atoms with Crippen LogP contribution in [-0.4, -0.2) is 38.7 Å². The van der Waals surface area contributed by atoms with Crippen LogP contribution in [0.5, 0.6) is 0 Å². The Morgan fingerprint density at radius 3 is 2.67 bits per heavy atom. The molecule has 120 valence electrons. The summed E-state index contributed by atoms with van der Waals surface area (Å²) in [5.41, 5.74) is 0. The van der Waals surface area contributed by atoms with Gasteiger partial charge in [-0.3, -0.25) is 0 Å². The van der Waals surface area contributed by atoms with Gasteiger partial charge in [-0.1, -0.05) is 19.3 Å². The molecular formula is C16H29N3O2. The number of nitrogens with zero attached hydrogens (tertiary/aromatic N) is 3. The largest absolute Gasteiger partial charge is 0.390 e. The maximum atomic E-state index is 10.7. The highest BCUT2D eigenvalue weighted by Crippen LogP contribution is 2.30. The molecule has 0 aliphatic heterocycles. The smallest absolute Gasteiger partial charge is 0.138 e. The molecule has 0 amide bonds. The highest BCUT2D eigenvalue weighted by molar-refractivity contribution is 4.93. The summed E-state index contributed by atoms with van der Waals surface area (Å²) in [6, 6.07) is 0.259. The molecule has 0 spiro atoms. The van der Waals surface area contributed by atoms with Crippen molar-refractivity contribution in [2.45, 2.75) is 77.5 Å². The van der Waals surface area contributed by atoms with Crippen LogP contribution in [0.2, 0.25) is 0 Å². The van der Waals surface area contributed by atoms with Crippen molar-refractivity contribution in [3.05, 3.63) is 12.2 Å². The van der Waals surface area contributed by atoms with Crippen LogP contribution in [0.1, 0.15) is 64.7 Å². The van der Waals surface area contributed by atoms with E-state index in [0.717, 1.165) is 5.82 Å². The van der Waals surface area contributed by atoms with Gasteiger partial charge in [-0.15, -0.1) is 0 Å². The van der Waals surface area contributed by atoms with Gasteiger partial charge in [0.25, 0.3) is 0 Å². The second-order valence-electron chi connectivity index (χ2n) is 6.30. The molecule has 0 aromatic carbocycles. The fourth-order valence-corrected chi connectivity index (χ4v) is 3.37. The maximum Gasteiger partial charge on any atom is 0.138 e. The minimum atomic E-state index is -0.505. The van der Waals surface area contributed by atoms with Crippen molar-refractivity contribution in [3.63, 3.8) is 0 Å². The first-order valence-corrected chi connectivity index (χ1v) is 8.31. The monoisotopic (exact) mass is 295 g/mol. The Labute approximate surface area is 127 Å². The number of aromatic nitrogens is 3. The summed E-state index contributed by atoms with van der Waals surface area (Å²) < 4.78 is 7.77. The van der Waals surface area contributed by atoms with Crippen LogP contribution in [0.3, 0.4) is 0 Å². The lowest BCUT2D eigenvalue weighted by Gasteiger charge is -2.33. The highest BCUT2D eigenvalue weighted by Gasteiger charge is 2.31. The standard InChI is InChI=1S/C16H29N3O2/c1-4-21-16(13-8-6-5-7-9-13)14(20)10-15-17-11-18-19(15)12(2)3/h11-14,16,20H,4-10H2,1-3H3. The van der Waals surface area contributed by atoms with Gasteiger partial charge in [0.05, 0.1) is 12.2 Å². The SMILES string of the molecule is CCOC(C(O)Cc1ncnn1C(C)C)C1CCCCC1. The Balaban J connectivity index is 2.03. The lowest BCUT2D eigenvalue weighted by atomic mass is 9.82. The van der Waals surface area contributed by atoms with Gasteiger partial charge >= 0.3 is 0 Å². The van der Waals surface area contributed by atoms with Crippen LogP contribution in [-0.2, 0) is 11.2 Å². The number of aliphatic hydroxyl groups excluding tert-OH is 1. The van der Waals surface area contributed by atoms with E-state index in [1.54, 1.807) is 6.33 Å². The molecule has 1 heterocycles. The quantitative estimate of drug-likeness (QED) is 0.840. The summed E-state index contributed by atoms with van der Waals surface area (Å²) in [7, 11) is 0. The van der Waals surface area contributed by atoms with Crippen molar-refractivity contribution in [2.24, 2.45) is 5.92 Å². The van der Waals surface area contributed by atoms with Gasteiger partial charge in [-0.2, -0.15) is 5.10 Å². The third-order valence-corrected chi connectivity index (χ3v) is 4.38. The zero-order valence-electron chi connectivity index (χ0n) is 13.5. The molecule has 2 rings (SSSR count). The van der Waals surface area contributed by atoms with E-state index in [2.05, 4.69) is 23.9 Å². The molecule has 1 fully saturated rings. The highest BCUT2D eigenvalue weighted by atomic mass is 16.5. The van der Waals surface area contributed by atoms with E-state index in [4.69, 9.17) is 4.74 Å². The average molecular weight is 295 g/mol. The molecule has 1 saturated carbocycles. The first-order chi connectivity index (χ1) is 10.1. The molecular weight excluding hydrogens is 266 g/mol. The Morgan fingerprint density at radius 1 is 1.33 bits per heavy atom. The van der Waals surface area contributed by atoms with Crippen molar-refractivity contribution >= 4 is 0 Å². The Hall–Kier alpha value is -0.940. The molecule has 2 unspecified atom stereocenters. The molecule has 0 bridgehead atoms. The number of aliphatic hydroxyl groups is 1. The molecule has 0 radical (unpaired) electrons. The third kappa shape index (κ3) is 4.27. The summed E-state index contributed by atoms with van der Waals surface area (Å²) >= 11 is 0. The number of hydrogen-bond acceptors (Lipinski definition) is 4. The molecule has 1 aliphatic rings.